The molecule has 0 radical (unpaired) electrons. The van der Waals surface area contributed by atoms with Crippen molar-refractivity contribution in [3.05, 3.63) is 28.9 Å². The van der Waals surface area contributed by atoms with Gasteiger partial charge in [-0.05, 0) is 19.1 Å². The zero-order chi connectivity index (χ0) is 9.26. The van der Waals surface area contributed by atoms with Crippen LogP contribution in [0.2, 0.25) is 0 Å². The maximum Gasteiger partial charge on any atom is 0.213 e. The molecule has 2 heterocycles. The molecule has 13 heavy (non-hydrogen) atoms. The Morgan fingerprint density at radius 3 is 3.08 bits per heavy atom. The summed E-state index contributed by atoms with van der Waals surface area (Å²) in [5, 5.41) is 3.69. The topological polar surface area (TPSA) is 59.6 Å². The Labute approximate surface area is 79.4 Å². The third-order valence-corrected chi connectivity index (χ3v) is 1.97. The molecular formula is C7H8N4OS. The van der Waals surface area contributed by atoms with Gasteiger partial charge in [0.05, 0.1) is 6.54 Å². The minimum absolute atomic E-state index is 0.541. The lowest BCUT2D eigenvalue weighted by Gasteiger charge is -1.94. The van der Waals surface area contributed by atoms with E-state index in [1.54, 1.807) is 0 Å². The van der Waals surface area contributed by atoms with E-state index in [2.05, 4.69) is 19.6 Å². The molecular weight excluding hydrogens is 188 g/mol. The molecule has 5 nitrogen and oxygen atoms in total. The van der Waals surface area contributed by atoms with E-state index in [1.807, 2.05) is 17.7 Å². The van der Waals surface area contributed by atoms with Crippen molar-refractivity contribution in [3.63, 3.8) is 0 Å². The van der Waals surface area contributed by atoms with Crippen LogP contribution in [0.3, 0.4) is 0 Å². The number of rotatable bonds is 2. The van der Waals surface area contributed by atoms with Gasteiger partial charge in [-0.25, -0.2) is 0 Å². The lowest BCUT2D eigenvalue weighted by Crippen LogP contribution is -1.99. The second kappa shape index (κ2) is 3.14. The first-order valence-electron chi connectivity index (χ1n) is 3.77. The second-order valence-corrected chi connectivity index (χ2v) is 3.10. The number of nitrogens with zero attached hydrogens (tertiary/aromatic N) is 3. The summed E-state index contributed by atoms with van der Waals surface area (Å²) in [5.74, 6) is 0.620. The highest BCUT2D eigenvalue weighted by molar-refractivity contribution is 7.71. The molecule has 0 amide bonds. The van der Waals surface area contributed by atoms with Gasteiger partial charge in [-0.2, -0.15) is 4.98 Å². The average Bonchev–Trinajstić information content (AvgIpc) is 2.63. The molecule has 0 spiro atoms. The summed E-state index contributed by atoms with van der Waals surface area (Å²) in [5.41, 5.74) is 1.02. The third-order valence-electron chi connectivity index (χ3n) is 1.63. The van der Waals surface area contributed by atoms with E-state index >= 15 is 0 Å². The normalized spacial score (nSPS) is 10.5. The molecule has 0 unspecified atom stereocenters. The van der Waals surface area contributed by atoms with E-state index in [0.29, 0.717) is 17.1 Å². The molecule has 0 fully saturated rings. The molecule has 68 valence electrons. The molecule has 0 saturated carbocycles. The van der Waals surface area contributed by atoms with Crippen LogP contribution in [0.15, 0.2) is 17.1 Å². The number of aromatic amines is 1. The summed E-state index contributed by atoms with van der Waals surface area (Å²) in [6.45, 7) is 2.49. The van der Waals surface area contributed by atoms with Gasteiger partial charge in [0.1, 0.15) is 0 Å². The predicted octanol–water partition coefficient (Wildman–Crippen LogP) is 1.29. The first kappa shape index (κ1) is 8.18. The highest BCUT2D eigenvalue weighted by Gasteiger charge is 2.01. The Hall–Kier alpha value is -1.43. The van der Waals surface area contributed by atoms with Crippen molar-refractivity contribution in [3.8, 4) is 0 Å². The van der Waals surface area contributed by atoms with E-state index in [4.69, 9.17) is 12.2 Å². The maximum absolute atomic E-state index is 5.07. The molecule has 6 heteroatoms. The lowest BCUT2D eigenvalue weighted by molar-refractivity contribution is 0.408. The number of aryl methyl sites for hydroxylation is 1. The minimum Gasteiger partial charge on any atom is -0.343 e. The average molecular weight is 196 g/mol. The van der Waals surface area contributed by atoms with Gasteiger partial charge < -0.3 is 14.1 Å². The molecule has 0 aliphatic heterocycles. The highest BCUT2D eigenvalue weighted by atomic mass is 32.1. The summed E-state index contributed by atoms with van der Waals surface area (Å²) >= 11 is 5.07. The largest absolute Gasteiger partial charge is 0.343 e. The molecule has 0 aromatic carbocycles. The number of hydrogen-bond acceptors (Lipinski definition) is 4. The molecule has 0 aliphatic rings. The van der Waals surface area contributed by atoms with Crippen LogP contribution < -0.4 is 0 Å². The monoisotopic (exact) mass is 196 g/mol. The number of imidazole rings is 1. The Balaban J connectivity index is 2.28. The predicted molar refractivity (Wildman–Crippen MR) is 47.8 cm³/mol. The quantitative estimate of drug-likeness (QED) is 0.735. The van der Waals surface area contributed by atoms with Crippen molar-refractivity contribution in [2.45, 2.75) is 13.5 Å². The molecule has 0 aliphatic carbocycles. The highest BCUT2D eigenvalue weighted by Crippen LogP contribution is 2.00. The summed E-state index contributed by atoms with van der Waals surface area (Å²) < 4.78 is 7.14. The Kier molecular flexibility index (Phi) is 1.97. The van der Waals surface area contributed by atoms with Crippen molar-refractivity contribution in [1.29, 1.82) is 0 Å². The van der Waals surface area contributed by atoms with Gasteiger partial charge in [-0.15, -0.1) is 0 Å². The van der Waals surface area contributed by atoms with Gasteiger partial charge in [0.2, 0.25) is 6.39 Å². The van der Waals surface area contributed by atoms with Gasteiger partial charge in [-0.3, -0.25) is 0 Å². The molecule has 2 rings (SSSR count). The Morgan fingerprint density at radius 1 is 1.69 bits per heavy atom. The van der Waals surface area contributed by atoms with Crippen LogP contribution in [0.25, 0.3) is 0 Å². The summed E-state index contributed by atoms with van der Waals surface area (Å²) in [4.78, 5) is 6.91. The van der Waals surface area contributed by atoms with E-state index in [-0.39, 0.29) is 0 Å². The fraction of sp³-hybridized carbons (Fsp3) is 0.286. The molecule has 0 saturated heterocycles. The van der Waals surface area contributed by atoms with Crippen molar-refractivity contribution in [2.75, 3.05) is 0 Å². The van der Waals surface area contributed by atoms with Gasteiger partial charge in [-0.1, -0.05) is 5.16 Å². The summed E-state index contributed by atoms with van der Waals surface area (Å²) in [6, 6.07) is 0. The van der Waals surface area contributed by atoms with E-state index in [9.17, 15) is 0 Å². The minimum atomic E-state index is 0.541. The van der Waals surface area contributed by atoms with Crippen LogP contribution in [0, 0.1) is 11.7 Å². The van der Waals surface area contributed by atoms with E-state index < -0.39 is 0 Å². The van der Waals surface area contributed by atoms with E-state index in [0.717, 1.165) is 5.69 Å². The number of H-pyrrole nitrogens is 1. The SMILES string of the molecule is Cc1cn(Cc2ncon2)c(=S)[nH]1. The van der Waals surface area contributed by atoms with Gasteiger partial charge in [0, 0.05) is 11.9 Å². The second-order valence-electron chi connectivity index (χ2n) is 2.72. The van der Waals surface area contributed by atoms with Crippen molar-refractivity contribution in [2.24, 2.45) is 0 Å². The molecule has 0 bridgehead atoms. The van der Waals surface area contributed by atoms with Gasteiger partial charge in [0.15, 0.2) is 10.6 Å². The zero-order valence-corrected chi connectivity index (χ0v) is 7.84. The standard InChI is InChI=1S/C7H8N4OS/c1-5-2-11(7(13)9-5)3-6-8-4-12-10-6/h2,4H,3H2,1H3,(H,9,13). The molecule has 1 N–H and O–H groups in total. The lowest BCUT2D eigenvalue weighted by atomic mass is 10.5. The molecule has 2 aromatic heterocycles. The summed E-state index contributed by atoms with van der Waals surface area (Å²) in [6.07, 6.45) is 3.22. The van der Waals surface area contributed by atoms with Gasteiger partial charge >= 0.3 is 0 Å². The number of aromatic nitrogens is 4. The zero-order valence-electron chi connectivity index (χ0n) is 7.02. The fourth-order valence-corrected chi connectivity index (χ4v) is 1.38. The van der Waals surface area contributed by atoms with Crippen LogP contribution in [0.1, 0.15) is 11.5 Å². The van der Waals surface area contributed by atoms with Crippen LogP contribution >= 0.6 is 12.2 Å². The van der Waals surface area contributed by atoms with Gasteiger partial charge in [0.25, 0.3) is 0 Å². The fourth-order valence-electron chi connectivity index (χ4n) is 1.10. The van der Waals surface area contributed by atoms with Crippen LogP contribution in [0.5, 0.6) is 0 Å². The van der Waals surface area contributed by atoms with Crippen molar-refractivity contribution >= 4 is 12.2 Å². The molecule has 2 aromatic rings. The Morgan fingerprint density at radius 2 is 2.54 bits per heavy atom. The third kappa shape index (κ3) is 1.67. The van der Waals surface area contributed by atoms with Crippen LogP contribution in [-0.4, -0.2) is 19.7 Å². The number of nitrogens with one attached hydrogen (secondary N) is 1. The van der Waals surface area contributed by atoms with Crippen LogP contribution in [-0.2, 0) is 6.54 Å². The van der Waals surface area contributed by atoms with E-state index in [1.165, 1.54) is 6.39 Å². The number of hydrogen-bond donors (Lipinski definition) is 1. The smallest absolute Gasteiger partial charge is 0.213 e. The first-order valence-corrected chi connectivity index (χ1v) is 4.18. The Bertz CT molecular complexity index is 441. The maximum atomic E-state index is 5.07. The van der Waals surface area contributed by atoms with Crippen LogP contribution in [0.4, 0.5) is 0 Å². The van der Waals surface area contributed by atoms with Crippen molar-refractivity contribution in [1.82, 2.24) is 19.7 Å². The first-order chi connectivity index (χ1) is 6.25. The van der Waals surface area contributed by atoms with Crippen molar-refractivity contribution < 1.29 is 4.52 Å². The molecule has 0 atom stereocenters. The summed E-state index contributed by atoms with van der Waals surface area (Å²) in [7, 11) is 0.